The molecule has 4 rings (SSSR count). The zero-order chi connectivity index (χ0) is 22.8. The minimum Gasteiger partial charge on any atom is -0.406 e. The Hall–Kier alpha value is -3.02. The van der Waals surface area contributed by atoms with Crippen molar-refractivity contribution in [2.45, 2.75) is 40.0 Å². The lowest BCUT2D eigenvalue weighted by Crippen LogP contribution is -2.19. The summed E-state index contributed by atoms with van der Waals surface area (Å²) in [5.74, 6) is -0.323. The molecule has 2 aromatic rings. The van der Waals surface area contributed by atoms with E-state index in [1.165, 1.54) is 17.7 Å². The van der Waals surface area contributed by atoms with E-state index in [0.717, 1.165) is 35.2 Å². The summed E-state index contributed by atoms with van der Waals surface area (Å²) in [6, 6.07) is 9.50. The van der Waals surface area contributed by atoms with Crippen molar-refractivity contribution in [2.24, 2.45) is 0 Å². The first-order chi connectivity index (χ1) is 14.7. The van der Waals surface area contributed by atoms with Crippen LogP contribution in [0.3, 0.4) is 0 Å². The van der Waals surface area contributed by atoms with E-state index in [-0.39, 0.29) is 11.5 Å². The number of Topliss-reactive ketones (excluding diaryl/α,β-unsaturated/α-hetero) is 1. The van der Waals surface area contributed by atoms with Gasteiger partial charge in [-0.25, -0.2) is 0 Å². The van der Waals surface area contributed by atoms with Crippen LogP contribution in [0.1, 0.15) is 43.1 Å². The molecule has 1 aliphatic heterocycles. The number of allylic oxidation sites excluding steroid dienone is 3. The van der Waals surface area contributed by atoms with Gasteiger partial charge in [-0.1, -0.05) is 39.0 Å². The van der Waals surface area contributed by atoms with Crippen LogP contribution in [-0.4, -0.2) is 19.2 Å². The van der Waals surface area contributed by atoms with Crippen molar-refractivity contribution in [3.8, 4) is 16.9 Å². The average molecular weight is 428 g/mol. The molecule has 0 spiro atoms. The molecule has 0 saturated heterocycles. The molecule has 0 atom stereocenters. The van der Waals surface area contributed by atoms with Gasteiger partial charge >= 0.3 is 6.36 Å². The van der Waals surface area contributed by atoms with Crippen LogP contribution < -0.4 is 9.64 Å². The van der Waals surface area contributed by atoms with Crippen molar-refractivity contribution in [1.29, 1.82) is 0 Å². The Morgan fingerprint density at radius 2 is 1.77 bits per heavy atom. The summed E-state index contributed by atoms with van der Waals surface area (Å²) in [5.41, 5.74) is 6.06. The first kappa shape index (κ1) is 22.7. The fourth-order valence-electron chi connectivity index (χ4n) is 3.57. The summed E-state index contributed by atoms with van der Waals surface area (Å²) < 4.78 is 41.4. The first-order valence-electron chi connectivity index (χ1n) is 10.3. The largest absolute Gasteiger partial charge is 0.573 e. The molecule has 2 aromatic carbocycles. The number of hydrogen-bond donors (Lipinski definition) is 0. The number of anilines is 1. The topological polar surface area (TPSA) is 29.5 Å². The van der Waals surface area contributed by atoms with E-state index in [2.05, 4.69) is 17.9 Å². The van der Waals surface area contributed by atoms with Gasteiger partial charge in [0.15, 0.2) is 5.78 Å². The van der Waals surface area contributed by atoms with Crippen LogP contribution in [0.15, 0.2) is 59.8 Å². The lowest BCUT2D eigenvalue weighted by molar-refractivity contribution is -0.274. The van der Waals surface area contributed by atoms with Crippen molar-refractivity contribution in [2.75, 3.05) is 11.9 Å². The van der Waals surface area contributed by atoms with Crippen molar-refractivity contribution < 1.29 is 22.7 Å². The Balaban J connectivity index is 0.00000132. The predicted octanol–water partition coefficient (Wildman–Crippen LogP) is 6.89. The summed E-state index contributed by atoms with van der Waals surface area (Å²) in [6.07, 6.45) is 2.50. The molecule has 3 nitrogen and oxygen atoms in total. The van der Waals surface area contributed by atoms with Crippen LogP contribution in [0.25, 0.3) is 11.1 Å². The third-order valence-electron chi connectivity index (χ3n) is 5.10. The van der Waals surface area contributed by atoms with Gasteiger partial charge in [-0.3, -0.25) is 4.79 Å². The summed E-state index contributed by atoms with van der Waals surface area (Å²) in [7, 11) is 1.94. The number of benzene rings is 2. The minimum atomic E-state index is -4.73. The fraction of sp³-hybridized carbons (Fsp3) is 0.280. The van der Waals surface area contributed by atoms with Gasteiger partial charge in [-0.15, -0.1) is 13.2 Å². The maximum atomic E-state index is 12.6. The van der Waals surface area contributed by atoms with E-state index in [0.29, 0.717) is 11.1 Å². The van der Waals surface area contributed by atoms with Crippen LogP contribution in [-0.2, 0) is 6.42 Å². The number of hydrogen-bond acceptors (Lipinski definition) is 3. The lowest BCUT2D eigenvalue weighted by atomic mass is 9.88. The van der Waals surface area contributed by atoms with Gasteiger partial charge in [0.2, 0.25) is 0 Å². The van der Waals surface area contributed by atoms with Gasteiger partial charge in [0.25, 0.3) is 0 Å². The second kappa shape index (κ2) is 9.00. The summed E-state index contributed by atoms with van der Waals surface area (Å²) >= 11 is 0. The molecule has 0 amide bonds. The van der Waals surface area contributed by atoms with Crippen LogP contribution in [0.4, 0.5) is 18.9 Å². The summed E-state index contributed by atoms with van der Waals surface area (Å²) in [6.45, 7) is 6.08. The number of fused-ring (bicyclic) bond motifs is 1. The Morgan fingerprint density at radius 3 is 2.32 bits per heavy atom. The third kappa shape index (κ3) is 5.19. The third-order valence-corrected chi connectivity index (χ3v) is 5.10. The van der Waals surface area contributed by atoms with Crippen molar-refractivity contribution in [3.63, 3.8) is 0 Å². The number of ketones is 1. The number of halogens is 3. The van der Waals surface area contributed by atoms with Crippen LogP contribution in [0, 0.1) is 6.42 Å². The summed E-state index contributed by atoms with van der Waals surface area (Å²) in [5, 5.41) is 0. The highest BCUT2D eigenvalue weighted by Crippen LogP contribution is 2.39. The van der Waals surface area contributed by atoms with Crippen LogP contribution in [0.2, 0.25) is 0 Å². The number of carbonyl (C=O) groups is 1. The standard InChI is InChI=1S/C23H19F3NO2.C2H6/c1-3-14-10-20-19(15-6-8-18(9-7-15)29-23(24,25)26)11-17(22(28)16-4-5-16)12-21(20)27(2)13-14;1-2/h4-9,11-13H,3,10H2,1-2H3;1-2H3. The molecule has 0 N–H and O–H groups in total. The molecular formula is C25H25F3NO2. The van der Waals surface area contributed by atoms with Gasteiger partial charge in [0, 0.05) is 36.5 Å². The number of ether oxygens (including phenoxy) is 1. The molecule has 1 aliphatic carbocycles. The second-order valence-electron chi connectivity index (χ2n) is 7.14. The molecule has 0 saturated carbocycles. The Morgan fingerprint density at radius 1 is 1.13 bits per heavy atom. The predicted molar refractivity (Wildman–Crippen MR) is 117 cm³/mol. The molecule has 1 radical (unpaired) electrons. The zero-order valence-electron chi connectivity index (χ0n) is 18.0. The van der Waals surface area contributed by atoms with Gasteiger partial charge in [0.1, 0.15) is 5.75 Å². The maximum Gasteiger partial charge on any atom is 0.573 e. The smallest absolute Gasteiger partial charge is 0.406 e. The van der Waals surface area contributed by atoms with Gasteiger partial charge in [0.05, 0.1) is 0 Å². The lowest BCUT2D eigenvalue weighted by Gasteiger charge is -2.28. The molecule has 6 heteroatoms. The Labute approximate surface area is 180 Å². The van der Waals surface area contributed by atoms with E-state index in [1.54, 1.807) is 24.6 Å². The number of alkyl halides is 3. The van der Waals surface area contributed by atoms with Crippen molar-refractivity contribution in [1.82, 2.24) is 0 Å². The molecule has 2 aliphatic rings. The normalized spacial score (nSPS) is 14.6. The van der Waals surface area contributed by atoms with Crippen LogP contribution >= 0.6 is 0 Å². The molecule has 163 valence electrons. The highest BCUT2D eigenvalue weighted by atomic mass is 19.4. The van der Waals surface area contributed by atoms with Gasteiger partial charge < -0.3 is 9.64 Å². The SMILES string of the molecule is CC.CCC1=CN(C)c2cc(C(=O)C3=C[CH]3)cc(-c3ccc(OC(F)(F)F)cc3)c2C1. The molecule has 31 heavy (non-hydrogen) atoms. The quantitative estimate of drug-likeness (QED) is 0.486. The molecule has 0 fully saturated rings. The minimum absolute atomic E-state index is 0.0512. The highest BCUT2D eigenvalue weighted by Gasteiger charge is 2.31. The van der Waals surface area contributed by atoms with Gasteiger partial charge in [-0.05, 0) is 59.4 Å². The first-order valence-corrected chi connectivity index (χ1v) is 10.3. The average Bonchev–Trinajstić information content (AvgIpc) is 3.59. The zero-order valence-corrected chi connectivity index (χ0v) is 18.0. The number of rotatable bonds is 5. The van der Waals surface area contributed by atoms with E-state index < -0.39 is 6.36 Å². The van der Waals surface area contributed by atoms with Crippen molar-refractivity contribution >= 4 is 11.5 Å². The van der Waals surface area contributed by atoms with E-state index in [9.17, 15) is 18.0 Å². The number of carbonyl (C=O) groups excluding carboxylic acids is 1. The highest BCUT2D eigenvalue weighted by molar-refractivity contribution is 6.15. The number of nitrogens with zero attached hydrogens (tertiary/aromatic N) is 1. The summed E-state index contributed by atoms with van der Waals surface area (Å²) in [4.78, 5) is 14.6. The molecule has 0 aromatic heterocycles. The van der Waals surface area contributed by atoms with E-state index in [4.69, 9.17) is 0 Å². The maximum absolute atomic E-state index is 12.6. The Kier molecular flexibility index (Phi) is 6.58. The van der Waals surface area contributed by atoms with Crippen molar-refractivity contribution in [3.05, 3.63) is 77.4 Å². The Bertz CT molecular complexity index is 1030. The fourth-order valence-corrected chi connectivity index (χ4v) is 3.57. The molecular weight excluding hydrogens is 403 g/mol. The second-order valence-corrected chi connectivity index (χ2v) is 7.14. The molecule has 1 heterocycles. The molecule has 0 bridgehead atoms. The van der Waals surface area contributed by atoms with Gasteiger partial charge in [-0.2, -0.15) is 0 Å². The monoisotopic (exact) mass is 428 g/mol. The molecule has 0 unspecified atom stereocenters. The van der Waals surface area contributed by atoms with Crippen LogP contribution in [0.5, 0.6) is 5.75 Å². The van der Waals surface area contributed by atoms with E-state index >= 15 is 0 Å². The van der Waals surface area contributed by atoms with E-state index in [1.807, 2.05) is 37.9 Å².